The van der Waals surface area contributed by atoms with E-state index < -0.39 is 17.7 Å². The first-order valence-corrected chi connectivity index (χ1v) is 11.8. The highest BCUT2D eigenvalue weighted by molar-refractivity contribution is 6.46. The molecule has 1 N–H and O–H groups in total. The number of hydrogen-bond acceptors (Lipinski definition) is 7. The monoisotopic (exact) mass is 480 g/mol. The number of Topliss-reactive ketones (excluding diaryl/α,β-unsaturated/α-hetero) is 1. The van der Waals surface area contributed by atoms with Crippen molar-refractivity contribution in [1.82, 2.24) is 9.80 Å². The summed E-state index contributed by atoms with van der Waals surface area (Å²) in [4.78, 5) is 30.4. The number of aliphatic hydroxyl groups is 1. The van der Waals surface area contributed by atoms with Gasteiger partial charge in [-0.25, -0.2) is 0 Å². The maximum absolute atomic E-state index is 13.3. The normalized spacial score (nSPS) is 20.3. The Bertz CT molecular complexity index is 1110. The minimum Gasteiger partial charge on any atom is -0.507 e. The number of aliphatic hydroxyl groups excluding tert-OH is 1. The molecule has 2 heterocycles. The molecule has 2 aliphatic heterocycles. The topological polar surface area (TPSA) is 88.5 Å². The van der Waals surface area contributed by atoms with Crippen molar-refractivity contribution in [3.8, 4) is 11.5 Å². The molecule has 35 heavy (non-hydrogen) atoms. The summed E-state index contributed by atoms with van der Waals surface area (Å²) in [6.45, 7) is 6.17. The number of aryl methyl sites for hydroxylation is 1. The Balaban J connectivity index is 1.75. The zero-order valence-corrected chi connectivity index (χ0v) is 20.5. The van der Waals surface area contributed by atoms with Gasteiger partial charge >= 0.3 is 0 Å². The molecule has 4 rings (SSSR count). The third-order valence-electron chi connectivity index (χ3n) is 6.57. The predicted octanol–water partition coefficient (Wildman–Crippen LogP) is 3.16. The summed E-state index contributed by atoms with van der Waals surface area (Å²) in [6.07, 6.45) is 0.681. The molecule has 0 spiro atoms. The van der Waals surface area contributed by atoms with Gasteiger partial charge in [0.25, 0.3) is 11.7 Å². The van der Waals surface area contributed by atoms with Crippen molar-refractivity contribution in [2.75, 3.05) is 53.6 Å². The average Bonchev–Trinajstić information content (AvgIpc) is 3.14. The zero-order chi connectivity index (χ0) is 24.9. The lowest BCUT2D eigenvalue weighted by Gasteiger charge is -2.29. The third kappa shape index (κ3) is 5.18. The molecule has 0 bridgehead atoms. The number of methoxy groups -OCH3 is 2. The molecule has 2 saturated heterocycles. The standard InChI is InChI=1S/C27H32N2O6/c1-18-5-7-19(8-6-18)25(30)23-24(21-17-20(33-2)9-10-22(21)34-3)29(27(32)26(23)31)12-4-11-28-13-15-35-16-14-28/h5-10,17,24,30H,4,11-16H2,1-3H3/t24-/m1/s1. The molecule has 2 fully saturated rings. The van der Waals surface area contributed by atoms with Crippen LogP contribution in [0.4, 0.5) is 0 Å². The van der Waals surface area contributed by atoms with E-state index in [0.29, 0.717) is 48.8 Å². The summed E-state index contributed by atoms with van der Waals surface area (Å²) in [6, 6.07) is 11.7. The highest BCUT2D eigenvalue weighted by Gasteiger charge is 2.47. The molecule has 0 aromatic heterocycles. The Morgan fingerprint density at radius 3 is 2.40 bits per heavy atom. The number of hydrogen-bond donors (Lipinski definition) is 1. The van der Waals surface area contributed by atoms with E-state index in [-0.39, 0.29) is 11.3 Å². The van der Waals surface area contributed by atoms with E-state index in [9.17, 15) is 14.7 Å². The third-order valence-corrected chi connectivity index (χ3v) is 6.57. The van der Waals surface area contributed by atoms with Gasteiger partial charge in [0.1, 0.15) is 17.3 Å². The molecule has 0 aliphatic carbocycles. The average molecular weight is 481 g/mol. The van der Waals surface area contributed by atoms with Crippen molar-refractivity contribution < 1.29 is 28.9 Å². The molecule has 0 saturated carbocycles. The first kappa shape index (κ1) is 24.8. The number of ketones is 1. The Morgan fingerprint density at radius 2 is 1.74 bits per heavy atom. The van der Waals surface area contributed by atoms with Crippen LogP contribution in [0, 0.1) is 6.92 Å². The molecule has 1 amide bonds. The second-order valence-corrected chi connectivity index (χ2v) is 8.77. The first-order valence-electron chi connectivity index (χ1n) is 11.8. The largest absolute Gasteiger partial charge is 0.507 e. The summed E-state index contributed by atoms with van der Waals surface area (Å²) < 4.78 is 16.4. The van der Waals surface area contributed by atoms with Crippen molar-refractivity contribution in [3.63, 3.8) is 0 Å². The van der Waals surface area contributed by atoms with Gasteiger partial charge < -0.3 is 24.2 Å². The molecular formula is C27H32N2O6. The van der Waals surface area contributed by atoms with Crippen LogP contribution in [-0.4, -0.2) is 80.2 Å². The van der Waals surface area contributed by atoms with Gasteiger partial charge in [0.05, 0.1) is 39.0 Å². The summed E-state index contributed by atoms with van der Waals surface area (Å²) in [7, 11) is 3.09. The van der Waals surface area contributed by atoms with Crippen LogP contribution in [-0.2, 0) is 14.3 Å². The summed E-state index contributed by atoms with van der Waals surface area (Å²) >= 11 is 0. The number of amides is 1. The van der Waals surface area contributed by atoms with E-state index in [1.54, 1.807) is 42.3 Å². The van der Waals surface area contributed by atoms with E-state index in [0.717, 1.165) is 25.2 Å². The molecule has 2 aromatic rings. The molecule has 186 valence electrons. The van der Waals surface area contributed by atoms with Crippen LogP contribution in [0.15, 0.2) is 48.0 Å². The number of nitrogens with zero attached hydrogens (tertiary/aromatic N) is 2. The van der Waals surface area contributed by atoms with Gasteiger partial charge in [-0.3, -0.25) is 14.5 Å². The number of carbonyl (C=O) groups is 2. The molecule has 1 atom stereocenters. The highest BCUT2D eigenvalue weighted by atomic mass is 16.5. The smallest absolute Gasteiger partial charge is 0.295 e. The van der Waals surface area contributed by atoms with Crippen LogP contribution < -0.4 is 9.47 Å². The second-order valence-electron chi connectivity index (χ2n) is 8.77. The molecular weight excluding hydrogens is 448 g/mol. The summed E-state index contributed by atoms with van der Waals surface area (Å²) in [5.74, 6) is -0.463. The predicted molar refractivity (Wildman–Crippen MR) is 132 cm³/mol. The minimum atomic E-state index is -0.800. The quantitative estimate of drug-likeness (QED) is 0.353. The van der Waals surface area contributed by atoms with Crippen LogP contribution >= 0.6 is 0 Å². The van der Waals surface area contributed by atoms with Gasteiger partial charge in [-0.15, -0.1) is 0 Å². The van der Waals surface area contributed by atoms with Crippen molar-refractivity contribution in [3.05, 3.63) is 64.7 Å². The maximum atomic E-state index is 13.3. The molecule has 8 nitrogen and oxygen atoms in total. The van der Waals surface area contributed by atoms with Gasteiger partial charge in [-0.2, -0.15) is 0 Å². The summed E-state index contributed by atoms with van der Waals surface area (Å²) in [5.41, 5.74) is 2.15. The van der Waals surface area contributed by atoms with E-state index in [2.05, 4.69) is 4.90 Å². The SMILES string of the molecule is COc1ccc(OC)c([C@@H]2C(=C(O)c3ccc(C)cc3)C(=O)C(=O)N2CCCN2CCOCC2)c1. The molecule has 8 heteroatoms. The van der Waals surface area contributed by atoms with Crippen LogP contribution in [0.25, 0.3) is 5.76 Å². The molecule has 0 radical (unpaired) electrons. The Labute approximate surface area is 205 Å². The van der Waals surface area contributed by atoms with Crippen LogP contribution in [0.2, 0.25) is 0 Å². The number of benzene rings is 2. The van der Waals surface area contributed by atoms with E-state index in [1.165, 1.54) is 7.11 Å². The first-order chi connectivity index (χ1) is 16.9. The second kappa shape index (κ2) is 10.9. The zero-order valence-electron chi connectivity index (χ0n) is 20.5. The van der Waals surface area contributed by atoms with Crippen molar-refractivity contribution in [2.24, 2.45) is 0 Å². The minimum absolute atomic E-state index is 0.0526. The summed E-state index contributed by atoms with van der Waals surface area (Å²) in [5, 5.41) is 11.3. The number of rotatable bonds is 8. The molecule has 2 aromatic carbocycles. The number of morpholine rings is 1. The van der Waals surface area contributed by atoms with Gasteiger partial charge in [0, 0.05) is 37.3 Å². The van der Waals surface area contributed by atoms with Gasteiger partial charge in [0.15, 0.2) is 0 Å². The highest BCUT2D eigenvalue weighted by Crippen LogP contribution is 2.43. The number of likely N-dealkylation sites (tertiary alicyclic amines) is 1. The van der Waals surface area contributed by atoms with Crippen molar-refractivity contribution in [1.29, 1.82) is 0 Å². The lowest BCUT2D eigenvalue weighted by atomic mass is 9.94. The van der Waals surface area contributed by atoms with Crippen LogP contribution in [0.3, 0.4) is 0 Å². The van der Waals surface area contributed by atoms with Crippen LogP contribution in [0.5, 0.6) is 11.5 Å². The van der Waals surface area contributed by atoms with Gasteiger partial charge in [0.2, 0.25) is 0 Å². The Hall–Kier alpha value is -3.36. The lowest BCUT2D eigenvalue weighted by Crippen LogP contribution is -2.39. The fourth-order valence-electron chi connectivity index (χ4n) is 4.64. The maximum Gasteiger partial charge on any atom is 0.295 e. The Kier molecular flexibility index (Phi) is 7.73. The fourth-order valence-corrected chi connectivity index (χ4v) is 4.64. The molecule has 2 aliphatic rings. The van der Waals surface area contributed by atoms with Crippen LogP contribution in [0.1, 0.15) is 29.2 Å². The van der Waals surface area contributed by atoms with Gasteiger partial charge in [-0.1, -0.05) is 29.8 Å². The van der Waals surface area contributed by atoms with Crippen molar-refractivity contribution in [2.45, 2.75) is 19.4 Å². The van der Waals surface area contributed by atoms with E-state index in [4.69, 9.17) is 14.2 Å². The number of ether oxygens (including phenoxy) is 3. The fraction of sp³-hybridized carbons (Fsp3) is 0.407. The van der Waals surface area contributed by atoms with E-state index >= 15 is 0 Å². The van der Waals surface area contributed by atoms with Gasteiger partial charge in [-0.05, 0) is 31.5 Å². The van der Waals surface area contributed by atoms with Crippen molar-refractivity contribution >= 4 is 17.4 Å². The Morgan fingerprint density at radius 1 is 1.03 bits per heavy atom. The van der Waals surface area contributed by atoms with E-state index in [1.807, 2.05) is 19.1 Å². The lowest BCUT2D eigenvalue weighted by molar-refractivity contribution is -0.140. The molecule has 0 unspecified atom stereocenters. The number of carbonyl (C=O) groups excluding carboxylic acids is 2.